The number of aromatic nitrogens is 2. The molecule has 1 amide bonds. The number of para-hydroxylation sites is 2. The molecule has 1 aromatic carbocycles. The second-order valence-electron chi connectivity index (χ2n) is 4.89. The lowest BCUT2D eigenvalue weighted by molar-refractivity contribution is -0.145. The highest BCUT2D eigenvalue weighted by atomic mass is 16.4. The Morgan fingerprint density at radius 3 is 2.57 bits per heavy atom. The number of benzene rings is 1. The fourth-order valence-corrected chi connectivity index (χ4v) is 1.89. The largest absolute Gasteiger partial charge is 0.481 e. The van der Waals surface area contributed by atoms with Crippen LogP contribution in [-0.4, -0.2) is 26.5 Å². The Hall–Kier alpha value is -2.63. The molecular weight excluding hydrogens is 270 g/mol. The van der Waals surface area contributed by atoms with Crippen molar-refractivity contribution < 1.29 is 14.7 Å². The van der Waals surface area contributed by atoms with Gasteiger partial charge in [0, 0.05) is 18.3 Å². The first-order chi connectivity index (χ1) is 10.0. The molecule has 0 aliphatic carbocycles. The molecule has 2 rings (SSSR count). The summed E-state index contributed by atoms with van der Waals surface area (Å²) < 4.78 is 1.78. The molecule has 2 atom stereocenters. The van der Waals surface area contributed by atoms with E-state index in [1.54, 1.807) is 42.3 Å². The predicted octanol–water partition coefficient (Wildman–Crippen LogP) is 2.17. The van der Waals surface area contributed by atoms with E-state index >= 15 is 0 Å². The van der Waals surface area contributed by atoms with Crippen LogP contribution in [0.25, 0.3) is 5.69 Å². The van der Waals surface area contributed by atoms with Crippen LogP contribution in [-0.2, 0) is 9.59 Å². The zero-order valence-electron chi connectivity index (χ0n) is 11.9. The van der Waals surface area contributed by atoms with Crippen LogP contribution in [0.2, 0.25) is 0 Å². The normalized spacial score (nSPS) is 13.4. The van der Waals surface area contributed by atoms with Crippen LogP contribution in [0.15, 0.2) is 43.0 Å². The highest BCUT2D eigenvalue weighted by molar-refractivity contribution is 5.96. The summed E-state index contributed by atoms with van der Waals surface area (Å²) in [5.74, 6) is -2.68. The van der Waals surface area contributed by atoms with Crippen LogP contribution in [0, 0.1) is 11.8 Å². The van der Waals surface area contributed by atoms with Crippen molar-refractivity contribution in [2.24, 2.45) is 11.8 Å². The van der Waals surface area contributed by atoms with E-state index in [0.29, 0.717) is 5.69 Å². The van der Waals surface area contributed by atoms with Crippen LogP contribution in [0.3, 0.4) is 0 Å². The van der Waals surface area contributed by atoms with Gasteiger partial charge < -0.3 is 15.0 Å². The average Bonchev–Trinajstić information content (AvgIpc) is 3.00. The maximum atomic E-state index is 12.2. The summed E-state index contributed by atoms with van der Waals surface area (Å²) in [4.78, 5) is 27.1. The van der Waals surface area contributed by atoms with E-state index < -0.39 is 17.8 Å². The van der Waals surface area contributed by atoms with Gasteiger partial charge in [-0.3, -0.25) is 9.59 Å². The summed E-state index contributed by atoms with van der Waals surface area (Å²) >= 11 is 0. The van der Waals surface area contributed by atoms with Crippen molar-refractivity contribution in [3.05, 3.63) is 43.0 Å². The molecule has 0 bridgehead atoms. The van der Waals surface area contributed by atoms with Gasteiger partial charge in [-0.15, -0.1) is 0 Å². The van der Waals surface area contributed by atoms with Gasteiger partial charge in [-0.05, 0) is 12.1 Å². The van der Waals surface area contributed by atoms with Gasteiger partial charge in [0.25, 0.3) is 0 Å². The maximum absolute atomic E-state index is 12.2. The van der Waals surface area contributed by atoms with Crippen LogP contribution >= 0.6 is 0 Å². The molecule has 1 heterocycles. The lowest BCUT2D eigenvalue weighted by atomic mass is 9.95. The number of carbonyl (C=O) groups excluding carboxylic acids is 1. The Kier molecular flexibility index (Phi) is 4.37. The minimum absolute atomic E-state index is 0.322. The molecule has 2 N–H and O–H groups in total. The van der Waals surface area contributed by atoms with E-state index in [1.165, 1.54) is 6.92 Å². The Bertz CT molecular complexity index is 637. The molecule has 0 spiro atoms. The van der Waals surface area contributed by atoms with Gasteiger partial charge >= 0.3 is 5.97 Å². The fraction of sp³-hybridized carbons (Fsp3) is 0.267. The van der Waals surface area contributed by atoms with E-state index in [0.717, 1.165) is 5.69 Å². The topological polar surface area (TPSA) is 84.2 Å². The highest BCUT2D eigenvalue weighted by Crippen LogP contribution is 2.21. The minimum Gasteiger partial charge on any atom is -0.481 e. The van der Waals surface area contributed by atoms with Crippen molar-refractivity contribution in [2.75, 3.05) is 5.32 Å². The first-order valence-corrected chi connectivity index (χ1v) is 6.61. The number of carboxylic acid groups (broad SMARTS) is 1. The molecule has 110 valence electrons. The molecule has 2 aromatic rings. The molecule has 0 radical (unpaired) electrons. The zero-order valence-corrected chi connectivity index (χ0v) is 11.9. The van der Waals surface area contributed by atoms with Gasteiger partial charge in [0.15, 0.2) is 0 Å². The molecular formula is C15H17N3O3. The van der Waals surface area contributed by atoms with Gasteiger partial charge in [0.1, 0.15) is 0 Å². The number of nitrogens with one attached hydrogen (secondary N) is 1. The fourth-order valence-electron chi connectivity index (χ4n) is 1.89. The number of carbonyl (C=O) groups is 2. The summed E-state index contributed by atoms with van der Waals surface area (Å²) in [6.45, 7) is 3.13. The first kappa shape index (κ1) is 14.8. The Morgan fingerprint density at radius 2 is 1.95 bits per heavy atom. The quantitative estimate of drug-likeness (QED) is 0.882. The van der Waals surface area contributed by atoms with Crippen LogP contribution < -0.4 is 5.32 Å². The molecule has 0 aliphatic rings. The van der Waals surface area contributed by atoms with Crippen LogP contribution in [0.1, 0.15) is 13.8 Å². The van der Waals surface area contributed by atoms with Gasteiger partial charge in [-0.1, -0.05) is 26.0 Å². The van der Waals surface area contributed by atoms with Gasteiger partial charge in [0.05, 0.1) is 23.6 Å². The molecule has 1 aromatic heterocycles. The number of imidazole rings is 1. The third kappa shape index (κ3) is 3.28. The van der Waals surface area contributed by atoms with Crippen LogP contribution in [0.5, 0.6) is 0 Å². The van der Waals surface area contributed by atoms with Crippen molar-refractivity contribution in [3.8, 4) is 5.69 Å². The second kappa shape index (κ2) is 6.21. The van der Waals surface area contributed by atoms with Crippen molar-refractivity contribution in [1.82, 2.24) is 9.55 Å². The Morgan fingerprint density at radius 1 is 1.24 bits per heavy atom. The van der Waals surface area contributed by atoms with E-state index in [4.69, 9.17) is 5.11 Å². The second-order valence-corrected chi connectivity index (χ2v) is 4.89. The smallest absolute Gasteiger partial charge is 0.307 e. The van der Waals surface area contributed by atoms with Gasteiger partial charge in [-0.2, -0.15) is 0 Å². The summed E-state index contributed by atoms with van der Waals surface area (Å²) in [6, 6.07) is 7.28. The van der Waals surface area contributed by atoms with Crippen molar-refractivity contribution >= 4 is 17.6 Å². The molecule has 0 saturated carbocycles. The summed E-state index contributed by atoms with van der Waals surface area (Å²) in [5.41, 5.74) is 1.39. The number of nitrogens with zero attached hydrogens (tertiary/aromatic N) is 2. The summed E-state index contributed by atoms with van der Waals surface area (Å²) in [7, 11) is 0. The Labute approximate surface area is 122 Å². The molecule has 6 nitrogen and oxygen atoms in total. The number of aliphatic carboxylic acids is 1. The van der Waals surface area contributed by atoms with E-state index in [9.17, 15) is 9.59 Å². The Balaban J connectivity index is 2.21. The van der Waals surface area contributed by atoms with Gasteiger partial charge in [0.2, 0.25) is 5.91 Å². The molecule has 2 unspecified atom stereocenters. The standard InChI is InChI=1S/C15H17N3O3/c1-10(11(2)15(20)21)14(19)17-12-5-3-4-6-13(12)18-8-7-16-9-18/h3-11H,1-2H3,(H,17,19)(H,20,21). The number of amides is 1. The predicted molar refractivity (Wildman–Crippen MR) is 78.2 cm³/mol. The SMILES string of the molecule is CC(C(=O)O)C(C)C(=O)Nc1ccccc1-n1ccnc1. The molecule has 0 aliphatic heterocycles. The van der Waals surface area contributed by atoms with E-state index in [-0.39, 0.29) is 5.91 Å². The van der Waals surface area contributed by atoms with Gasteiger partial charge in [-0.25, -0.2) is 4.98 Å². The molecule has 21 heavy (non-hydrogen) atoms. The zero-order chi connectivity index (χ0) is 15.4. The van der Waals surface area contributed by atoms with Crippen LogP contribution in [0.4, 0.5) is 5.69 Å². The maximum Gasteiger partial charge on any atom is 0.307 e. The number of rotatable bonds is 5. The van der Waals surface area contributed by atoms with Crippen molar-refractivity contribution in [3.63, 3.8) is 0 Å². The number of anilines is 1. The molecule has 0 fully saturated rings. The number of hydrogen-bond acceptors (Lipinski definition) is 3. The third-order valence-electron chi connectivity index (χ3n) is 3.50. The minimum atomic E-state index is -0.986. The molecule has 6 heteroatoms. The number of carboxylic acids is 1. The summed E-state index contributed by atoms with van der Waals surface area (Å²) in [5, 5.41) is 11.8. The van der Waals surface area contributed by atoms with E-state index in [2.05, 4.69) is 10.3 Å². The third-order valence-corrected chi connectivity index (χ3v) is 3.50. The monoisotopic (exact) mass is 287 g/mol. The first-order valence-electron chi connectivity index (χ1n) is 6.61. The average molecular weight is 287 g/mol. The lowest BCUT2D eigenvalue weighted by Gasteiger charge is -2.17. The highest BCUT2D eigenvalue weighted by Gasteiger charge is 2.26. The molecule has 0 saturated heterocycles. The lowest BCUT2D eigenvalue weighted by Crippen LogP contribution is -2.30. The summed E-state index contributed by atoms with van der Waals surface area (Å²) in [6.07, 6.45) is 5.05. The van der Waals surface area contributed by atoms with Crippen molar-refractivity contribution in [1.29, 1.82) is 0 Å². The van der Waals surface area contributed by atoms with Crippen molar-refractivity contribution in [2.45, 2.75) is 13.8 Å². The number of hydrogen-bond donors (Lipinski definition) is 2. The van der Waals surface area contributed by atoms with E-state index in [1.807, 2.05) is 12.1 Å².